The van der Waals surface area contributed by atoms with Crippen molar-refractivity contribution in [1.29, 1.82) is 0 Å². The number of thioether (sulfide) groups is 1. The van der Waals surface area contributed by atoms with E-state index in [1.165, 1.54) is 24.2 Å². The highest BCUT2D eigenvalue weighted by Gasteiger charge is 2.38. The Labute approximate surface area is 124 Å². The third-order valence-corrected chi connectivity index (χ3v) is 5.67. The second kappa shape index (κ2) is 5.45. The second-order valence-corrected chi connectivity index (χ2v) is 7.04. The van der Waals surface area contributed by atoms with Crippen LogP contribution in [-0.4, -0.2) is 40.8 Å². The maximum Gasteiger partial charge on any atom is 0.261 e. The van der Waals surface area contributed by atoms with Gasteiger partial charge in [0.25, 0.3) is 5.91 Å². The van der Waals surface area contributed by atoms with E-state index in [1.54, 1.807) is 11.8 Å². The number of fused-ring (bicyclic) bond motifs is 1. The summed E-state index contributed by atoms with van der Waals surface area (Å²) in [7, 11) is 0. The van der Waals surface area contributed by atoms with Gasteiger partial charge in [0, 0.05) is 0 Å². The number of nitrogens with zero attached hydrogens (tertiary/aromatic N) is 3. The van der Waals surface area contributed by atoms with Crippen molar-refractivity contribution >= 4 is 28.5 Å². The van der Waals surface area contributed by atoms with Gasteiger partial charge in [-0.05, 0) is 57.2 Å². The highest BCUT2D eigenvalue weighted by Crippen LogP contribution is 2.40. The lowest BCUT2D eigenvalue weighted by Crippen LogP contribution is -2.43. The van der Waals surface area contributed by atoms with Crippen molar-refractivity contribution < 1.29 is 4.79 Å². The summed E-state index contributed by atoms with van der Waals surface area (Å²) in [5, 5.41) is 0.929. The Morgan fingerprint density at radius 1 is 1.20 bits per heavy atom. The van der Waals surface area contributed by atoms with E-state index >= 15 is 0 Å². The van der Waals surface area contributed by atoms with Crippen LogP contribution in [0.5, 0.6) is 0 Å². The van der Waals surface area contributed by atoms with Gasteiger partial charge >= 0.3 is 0 Å². The fourth-order valence-electron chi connectivity index (χ4n) is 3.03. The van der Waals surface area contributed by atoms with Crippen LogP contribution in [0.2, 0.25) is 0 Å². The average molecular weight is 291 g/mol. The number of hydrogen-bond donors (Lipinski definition) is 0. The zero-order valence-corrected chi connectivity index (χ0v) is 13.2. The SMILES string of the molecule is CC1=C(C)C2C(=O)N=C(C(C)N3CCCCC3)N=C2S1. The van der Waals surface area contributed by atoms with Gasteiger partial charge in [-0.2, -0.15) is 4.99 Å². The molecule has 0 saturated carbocycles. The van der Waals surface area contributed by atoms with Gasteiger partial charge in [0.05, 0.1) is 11.1 Å². The van der Waals surface area contributed by atoms with Crippen LogP contribution < -0.4 is 0 Å². The molecule has 2 unspecified atom stereocenters. The molecule has 1 saturated heterocycles. The van der Waals surface area contributed by atoms with Crippen molar-refractivity contribution in [3.63, 3.8) is 0 Å². The van der Waals surface area contributed by atoms with E-state index in [4.69, 9.17) is 4.99 Å². The molecule has 2 atom stereocenters. The quantitative estimate of drug-likeness (QED) is 0.786. The number of likely N-dealkylation sites (tertiary alicyclic amines) is 1. The van der Waals surface area contributed by atoms with Crippen LogP contribution in [0.15, 0.2) is 20.5 Å². The molecule has 3 aliphatic rings. The smallest absolute Gasteiger partial charge is 0.261 e. The Bertz CT molecular complexity index is 529. The fraction of sp³-hybridized carbons (Fsp3) is 0.667. The van der Waals surface area contributed by atoms with E-state index in [9.17, 15) is 4.79 Å². The highest BCUT2D eigenvalue weighted by molar-refractivity contribution is 8.17. The number of aliphatic imine (C=N–C) groups is 2. The highest BCUT2D eigenvalue weighted by atomic mass is 32.2. The molecule has 0 aromatic rings. The number of amidine groups is 1. The predicted octanol–water partition coefficient (Wildman–Crippen LogP) is 2.85. The van der Waals surface area contributed by atoms with Gasteiger partial charge in [0.15, 0.2) is 0 Å². The van der Waals surface area contributed by atoms with Crippen molar-refractivity contribution in [2.45, 2.75) is 46.1 Å². The summed E-state index contributed by atoms with van der Waals surface area (Å²) in [6.45, 7) is 8.37. The molecule has 108 valence electrons. The number of carbonyl (C=O) groups excluding carboxylic acids is 1. The summed E-state index contributed by atoms with van der Waals surface area (Å²) in [6.07, 6.45) is 3.78. The van der Waals surface area contributed by atoms with E-state index in [0.29, 0.717) is 5.84 Å². The Balaban J connectivity index is 1.81. The summed E-state index contributed by atoms with van der Waals surface area (Å²) in [6, 6.07) is 0.148. The molecule has 4 nitrogen and oxygen atoms in total. The minimum Gasteiger partial charge on any atom is -0.294 e. The molecule has 0 N–H and O–H groups in total. The lowest BCUT2D eigenvalue weighted by Gasteiger charge is -2.32. The fourth-order valence-corrected chi connectivity index (χ4v) is 4.16. The van der Waals surface area contributed by atoms with Crippen molar-refractivity contribution in [3.05, 3.63) is 10.5 Å². The van der Waals surface area contributed by atoms with E-state index in [2.05, 4.69) is 23.7 Å². The number of allylic oxidation sites excluding steroid dienone is 1. The molecule has 5 heteroatoms. The number of amides is 1. The maximum atomic E-state index is 12.3. The molecule has 0 aliphatic carbocycles. The van der Waals surface area contributed by atoms with Crippen LogP contribution in [0.1, 0.15) is 40.0 Å². The molecule has 1 amide bonds. The zero-order valence-electron chi connectivity index (χ0n) is 12.3. The van der Waals surface area contributed by atoms with Gasteiger partial charge in [0.1, 0.15) is 11.8 Å². The largest absolute Gasteiger partial charge is 0.294 e. The molecule has 0 aromatic carbocycles. The molecule has 1 fully saturated rings. The first-order chi connectivity index (χ1) is 9.58. The Hall–Kier alpha value is -0.940. The monoisotopic (exact) mass is 291 g/mol. The Kier molecular flexibility index (Phi) is 3.82. The van der Waals surface area contributed by atoms with Crippen LogP contribution in [-0.2, 0) is 4.79 Å². The topological polar surface area (TPSA) is 45.0 Å². The lowest BCUT2D eigenvalue weighted by atomic mass is 9.99. The molecular weight excluding hydrogens is 270 g/mol. The minimum absolute atomic E-state index is 0.0318. The number of piperidine rings is 1. The van der Waals surface area contributed by atoms with Crippen molar-refractivity contribution in [2.75, 3.05) is 13.1 Å². The maximum absolute atomic E-state index is 12.3. The molecule has 0 aromatic heterocycles. The van der Waals surface area contributed by atoms with Crippen molar-refractivity contribution in [1.82, 2.24) is 4.90 Å². The van der Waals surface area contributed by atoms with Crippen LogP contribution >= 0.6 is 11.8 Å². The summed E-state index contributed by atoms with van der Waals surface area (Å²) < 4.78 is 0. The van der Waals surface area contributed by atoms with E-state index in [-0.39, 0.29) is 17.9 Å². The van der Waals surface area contributed by atoms with Crippen molar-refractivity contribution in [3.8, 4) is 0 Å². The van der Waals surface area contributed by atoms with Crippen LogP contribution in [0.25, 0.3) is 0 Å². The van der Waals surface area contributed by atoms with E-state index < -0.39 is 0 Å². The standard InChI is InChI=1S/C15H21N3OS/c1-9-11(3)20-15-12(9)14(19)16-13(17-15)10(2)18-7-5-4-6-8-18/h10,12H,4-8H2,1-3H3. The van der Waals surface area contributed by atoms with Gasteiger partial charge in [0.2, 0.25) is 0 Å². The summed E-state index contributed by atoms with van der Waals surface area (Å²) >= 11 is 1.64. The second-order valence-electron chi connectivity index (χ2n) is 5.81. The predicted molar refractivity (Wildman–Crippen MR) is 84.2 cm³/mol. The number of hydrogen-bond acceptors (Lipinski definition) is 4. The minimum atomic E-state index is -0.197. The third-order valence-electron chi connectivity index (χ3n) is 4.50. The van der Waals surface area contributed by atoms with Crippen molar-refractivity contribution in [2.24, 2.45) is 15.9 Å². The molecule has 0 radical (unpaired) electrons. The molecular formula is C15H21N3OS. The van der Waals surface area contributed by atoms with E-state index in [1.807, 2.05) is 6.92 Å². The van der Waals surface area contributed by atoms with Crippen LogP contribution in [0.3, 0.4) is 0 Å². The Morgan fingerprint density at radius 3 is 2.60 bits per heavy atom. The molecule has 0 spiro atoms. The molecule has 3 aliphatic heterocycles. The van der Waals surface area contributed by atoms with Crippen LogP contribution in [0.4, 0.5) is 0 Å². The lowest BCUT2D eigenvalue weighted by molar-refractivity contribution is -0.118. The van der Waals surface area contributed by atoms with Gasteiger partial charge < -0.3 is 0 Å². The van der Waals surface area contributed by atoms with E-state index in [0.717, 1.165) is 23.7 Å². The van der Waals surface area contributed by atoms with Gasteiger partial charge in [-0.3, -0.25) is 9.69 Å². The van der Waals surface area contributed by atoms with Gasteiger partial charge in [-0.1, -0.05) is 18.2 Å². The first kappa shape index (κ1) is 14.0. The number of carbonyl (C=O) groups is 1. The van der Waals surface area contributed by atoms with Gasteiger partial charge in [-0.25, -0.2) is 4.99 Å². The normalized spacial score (nSPS) is 29.1. The summed E-state index contributed by atoms with van der Waals surface area (Å²) in [5.41, 5.74) is 1.12. The Morgan fingerprint density at radius 2 is 1.90 bits per heavy atom. The first-order valence-electron chi connectivity index (χ1n) is 7.38. The molecule has 0 bridgehead atoms. The number of rotatable bonds is 2. The average Bonchev–Trinajstić information content (AvgIpc) is 2.74. The molecule has 20 heavy (non-hydrogen) atoms. The first-order valence-corrected chi connectivity index (χ1v) is 8.20. The summed E-state index contributed by atoms with van der Waals surface area (Å²) in [5.74, 6) is 0.478. The molecule has 3 heterocycles. The zero-order chi connectivity index (χ0) is 14.3. The third kappa shape index (κ3) is 2.37. The van der Waals surface area contributed by atoms with Gasteiger partial charge in [-0.15, -0.1) is 0 Å². The van der Waals surface area contributed by atoms with Crippen LogP contribution in [0, 0.1) is 5.92 Å². The molecule has 3 rings (SSSR count). The summed E-state index contributed by atoms with van der Waals surface area (Å²) in [4.78, 5) is 24.9.